The van der Waals surface area contributed by atoms with Crippen molar-refractivity contribution in [2.75, 3.05) is 39.5 Å². The Bertz CT molecular complexity index is 244. The van der Waals surface area contributed by atoms with Gasteiger partial charge in [-0.25, -0.2) is 0 Å². The van der Waals surface area contributed by atoms with Crippen LogP contribution in [-0.4, -0.2) is 56.4 Å². The molecule has 17 heavy (non-hydrogen) atoms. The summed E-state index contributed by atoms with van der Waals surface area (Å²) in [6.45, 7) is 4.69. The molecular weight excluding hydrogens is 218 g/mol. The van der Waals surface area contributed by atoms with Gasteiger partial charge in [0, 0.05) is 13.1 Å². The van der Waals surface area contributed by atoms with Crippen molar-refractivity contribution in [2.24, 2.45) is 10.7 Å². The molecule has 2 N–H and O–H groups in total. The lowest BCUT2D eigenvalue weighted by Crippen LogP contribution is -2.39. The Morgan fingerprint density at radius 2 is 1.94 bits per heavy atom. The van der Waals surface area contributed by atoms with Crippen LogP contribution in [0.5, 0.6) is 0 Å². The molecule has 1 atom stereocenters. The molecule has 5 heteroatoms. The lowest BCUT2D eigenvalue weighted by molar-refractivity contribution is -0.0833. The van der Waals surface area contributed by atoms with Gasteiger partial charge >= 0.3 is 0 Å². The first-order chi connectivity index (χ1) is 8.36. The van der Waals surface area contributed by atoms with E-state index in [9.17, 15) is 0 Å². The molecule has 0 bridgehead atoms. The molecule has 0 amide bonds. The quantitative estimate of drug-likeness (QED) is 0.568. The molecule has 0 radical (unpaired) electrons. The fraction of sp³-hybridized carbons (Fsp3) is 0.917. The first-order valence-electron chi connectivity index (χ1n) is 6.60. The second-order valence-corrected chi connectivity index (χ2v) is 4.67. The van der Waals surface area contributed by atoms with Crippen molar-refractivity contribution in [3.63, 3.8) is 0 Å². The van der Waals surface area contributed by atoms with Gasteiger partial charge in [0.15, 0.2) is 5.96 Å². The summed E-state index contributed by atoms with van der Waals surface area (Å²) in [4.78, 5) is 6.62. The molecular formula is C12H23N3O2. The number of rotatable bonds is 2. The van der Waals surface area contributed by atoms with Gasteiger partial charge in [0.25, 0.3) is 0 Å². The van der Waals surface area contributed by atoms with Crippen LogP contribution in [0.1, 0.15) is 25.7 Å². The minimum atomic E-state index is 0.0780. The van der Waals surface area contributed by atoms with Gasteiger partial charge in [-0.15, -0.1) is 0 Å². The fourth-order valence-corrected chi connectivity index (χ4v) is 2.24. The highest BCUT2D eigenvalue weighted by molar-refractivity contribution is 5.78. The Balaban J connectivity index is 1.78. The van der Waals surface area contributed by atoms with Crippen molar-refractivity contribution < 1.29 is 9.47 Å². The van der Waals surface area contributed by atoms with Crippen LogP contribution in [0.25, 0.3) is 0 Å². The van der Waals surface area contributed by atoms with E-state index in [1.54, 1.807) is 0 Å². The molecule has 0 aromatic carbocycles. The zero-order chi connectivity index (χ0) is 11.9. The Morgan fingerprint density at radius 3 is 2.59 bits per heavy atom. The molecule has 0 aromatic rings. The summed E-state index contributed by atoms with van der Waals surface area (Å²) < 4.78 is 10.9. The first kappa shape index (κ1) is 12.6. The summed E-state index contributed by atoms with van der Waals surface area (Å²) in [6.07, 6.45) is 5.14. The predicted octanol–water partition coefficient (Wildman–Crippen LogP) is 0.592. The Labute approximate surface area is 103 Å². The largest absolute Gasteiger partial charge is 0.376 e. The predicted molar refractivity (Wildman–Crippen MR) is 67.1 cm³/mol. The number of likely N-dealkylation sites (tertiary alicyclic amines) is 1. The van der Waals surface area contributed by atoms with Crippen LogP contribution in [0.15, 0.2) is 4.99 Å². The third kappa shape index (κ3) is 4.16. The molecule has 98 valence electrons. The third-order valence-electron chi connectivity index (χ3n) is 3.27. The van der Waals surface area contributed by atoms with Crippen LogP contribution in [0.2, 0.25) is 0 Å². The van der Waals surface area contributed by atoms with Crippen LogP contribution in [0.3, 0.4) is 0 Å². The number of hydrogen-bond acceptors (Lipinski definition) is 3. The smallest absolute Gasteiger partial charge is 0.191 e. The molecule has 0 saturated carbocycles. The molecule has 0 aromatic heterocycles. The molecule has 5 nitrogen and oxygen atoms in total. The summed E-state index contributed by atoms with van der Waals surface area (Å²) in [5.41, 5.74) is 6.01. The molecule has 0 aliphatic carbocycles. The molecule has 2 saturated heterocycles. The lowest BCUT2D eigenvalue weighted by Gasteiger charge is -2.24. The zero-order valence-electron chi connectivity index (χ0n) is 10.4. The van der Waals surface area contributed by atoms with Gasteiger partial charge in [-0.05, 0) is 12.8 Å². The number of nitrogens with two attached hydrogens (primary N) is 1. The van der Waals surface area contributed by atoms with Gasteiger partial charge in [0.1, 0.15) is 6.10 Å². The minimum absolute atomic E-state index is 0.0780. The first-order valence-corrected chi connectivity index (χ1v) is 6.60. The SMILES string of the molecule is NC(=NCC1COCCO1)N1CCCCCC1. The zero-order valence-corrected chi connectivity index (χ0v) is 10.4. The summed E-state index contributed by atoms with van der Waals surface area (Å²) in [6, 6.07) is 0. The summed E-state index contributed by atoms with van der Waals surface area (Å²) >= 11 is 0. The number of aliphatic imine (C=N–C) groups is 1. The van der Waals surface area contributed by atoms with Crippen molar-refractivity contribution >= 4 is 5.96 Å². The Morgan fingerprint density at radius 1 is 1.18 bits per heavy atom. The maximum atomic E-state index is 6.01. The van der Waals surface area contributed by atoms with E-state index in [1.807, 2.05) is 0 Å². The van der Waals surface area contributed by atoms with Crippen LogP contribution < -0.4 is 5.73 Å². The highest BCUT2D eigenvalue weighted by Gasteiger charge is 2.15. The van der Waals surface area contributed by atoms with Crippen molar-refractivity contribution in [3.05, 3.63) is 0 Å². The van der Waals surface area contributed by atoms with Gasteiger partial charge in [0.2, 0.25) is 0 Å². The molecule has 1 unspecified atom stereocenters. The normalized spacial score (nSPS) is 27.9. The molecule has 2 fully saturated rings. The van der Waals surface area contributed by atoms with Crippen molar-refractivity contribution in [2.45, 2.75) is 31.8 Å². The number of hydrogen-bond donors (Lipinski definition) is 1. The van der Waals surface area contributed by atoms with E-state index in [1.165, 1.54) is 25.7 Å². The van der Waals surface area contributed by atoms with E-state index in [-0.39, 0.29) is 6.10 Å². The van der Waals surface area contributed by atoms with E-state index in [2.05, 4.69) is 9.89 Å². The van der Waals surface area contributed by atoms with Crippen molar-refractivity contribution in [1.29, 1.82) is 0 Å². The van der Waals surface area contributed by atoms with E-state index in [0.29, 0.717) is 32.3 Å². The average molecular weight is 241 g/mol. The molecule has 2 rings (SSSR count). The van der Waals surface area contributed by atoms with Gasteiger partial charge in [-0.3, -0.25) is 4.99 Å². The second kappa shape index (κ2) is 6.81. The highest BCUT2D eigenvalue weighted by Crippen LogP contribution is 2.09. The number of guanidine groups is 1. The van der Waals surface area contributed by atoms with Crippen LogP contribution in [0.4, 0.5) is 0 Å². The van der Waals surface area contributed by atoms with E-state index < -0.39 is 0 Å². The number of nitrogens with zero attached hydrogens (tertiary/aromatic N) is 2. The summed E-state index contributed by atoms with van der Waals surface area (Å²) in [7, 11) is 0. The molecule has 2 aliphatic rings. The Hall–Kier alpha value is -0.810. The van der Waals surface area contributed by atoms with Gasteiger partial charge in [0.05, 0.1) is 26.4 Å². The topological polar surface area (TPSA) is 60.1 Å². The molecule has 2 heterocycles. The summed E-state index contributed by atoms with van der Waals surface area (Å²) in [5.74, 6) is 0.668. The van der Waals surface area contributed by atoms with E-state index in [0.717, 1.165) is 13.1 Å². The van der Waals surface area contributed by atoms with E-state index in [4.69, 9.17) is 15.2 Å². The molecule has 2 aliphatic heterocycles. The molecule has 0 spiro atoms. The van der Waals surface area contributed by atoms with Crippen LogP contribution in [0, 0.1) is 0 Å². The standard InChI is InChI=1S/C12H23N3O2/c13-12(15-5-3-1-2-4-6-15)14-9-11-10-16-7-8-17-11/h11H,1-10H2,(H2,13,14). The van der Waals surface area contributed by atoms with Gasteiger partial charge in [-0.1, -0.05) is 12.8 Å². The monoisotopic (exact) mass is 241 g/mol. The highest BCUT2D eigenvalue weighted by atomic mass is 16.6. The summed E-state index contributed by atoms with van der Waals surface area (Å²) in [5, 5.41) is 0. The van der Waals surface area contributed by atoms with Crippen LogP contribution in [-0.2, 0) is 9.47 Å². The number of ether oxygens (including phenoxy) is 2. The minimum Gasteiger partial charge on any atom is -0.376 e. The fourth-order valence-electron chi connectivity index (χ4n) is 2.24. The van der Waals surface area contributed by atoms with Gasteiger partial charge < -0.3 is 20.1 Å². The van der Waals surface area contributed by atoms with Crippen LogP contribution >= 0.6 is 0 Å². The third-order valence-corrected chi connectivity index (χ3v) is 3.27. The van der Waals surface area contributed by atoms with Crippen molar-refractivity contribution in [3.8, 4) is 0 Å². The maximum Gasteiger partial charge on any atom is 0.191 e. The van der Waals surface area contributed by atoms with E-state index >= 15 is 0 Å². The van der Waals surface area contributed by atoms with Crippen molar-refractivity contribution in [1.82, 2.24) is 4.90 Å². The van der Waals surface area contributed by atoms with Gasteiger partial charge in [-0.2, -0.15) is 0 Å². The average Bonchev–Trinajstić information content (AvgIpc) is 2.66. The lowest BCUT2D eigenvalue weighted by atomic mass is 10.2. The Kier molecular flexibility index (Phi) is 5.07. The maximum absolute atomic E-state index is 6.01. The second-order valence-electron chi connectivity index (χ2n) is 4.67.